The van der Waals surface area contributed by atoms with E-state index in [4.69, 9.17) is 11.6 Å². The van der Waals surface area contributed by atoms with Gasteiger partial charge in [0.15, 0.2) is 0 Å². The average molecular weight is 209 g/mol. The fraction of sp³-hybridized carbons (Fsp3) is 0.200. The lowest BCUT2D eigenvalue weighted by Crippen LogP contribution is -2.11. The van der Waals surface area contributed by atoms with Crippen LogP contribution in [0.25, 0.3) is 10.9 Å². The van der Waals surface area contributed by atoms with Crippen LogP contribution in [0, 0.1) is 0 Å². The summed E-state index contributed by atoms with van der Waals surface area (Å²) in [5.74, 6) is 0.699. The van der Waals surface area contributed by atoms with E-state index in [2.05, 4.69) is 9.97 Å². The van der Waals surface area contributed by atoms with Gasteiger partial charge < -0.3 is 4.98 Å². The maximum Gasteiger partial charge on any atom is 0.258 e. The van der Waals surface area contributed by atoms with E-state index < -0.39 is 0 Å². The van der Waals surface area contributed by atoms with Crippen molar-refractivity contribution in [1.29, 1.82) is 0 Å². The number of hydrogen-bond donors (Lipinski definition) is 1. The molecule has 0 unspecified atom stereocenters. The molecule has 0 bridgehead atoms. The molecule has 14 heavy (non-hydrogen) atoms. The Labute approximate surface area is 85.7 Å². The number of aryl methyl sites for hydroxylation is 1. The Kier molecular flexibility index (Phi) is 2.25. The highest BCUT2D eigenvalue weighted by molar-refractivity contribution is 6.31. The van der Waals surface area contributed by atoms with E-state index in [1.54, 1.807) is 18.2 Å². The highest BCUT2D eigenvalue weighted by atomic mass is 35.5. The van der Waals surface area contributed by atoms with Gasteiger partial charge >= 0.3 is 0 Å². The topological polar surface area (TPSA) is 45.8 Å². The molecule has 1 aromatic heterocycles. The van der Waals surface area contributed by atoms with Gasteiger partial charge in [-0.25, -0.2) is 4.98 Å². The Bertz CT molecular complexity index is 533. The zero-order chi connectivity index (χ0) is 10.1. The van der Waals surface area contributed by atoms with Crippen LogP contribution in [0.15, 0.2) is 23.0 Å². The summed E-state index contributed by atoms with van der Waals surface area (Å²) < 4.78 is 0. The van der Waals surface area contributed by atoms with E-state index >= 15 is 0 Å². The summed E-state index contributed by atoms with van der Waals surface area (Å²) in [4.78, 5) is 18.5. The molecule has 3 nitrogen and oxygen atoms in total. The first-order valence-corrected chi connectivity index (χ1v) is 4.77. The van der Waals surface area contributed by atoms with Crippen LogP contribution in [0.4, 0.5) is 0 Å². The number of hydrogen-bond acceptors (Lipinski definition) is 2. The molecule has 0 saturated carbocycles. The normalized spacial score (nSPS) is 10.7. The van der Waals surface area contributed by atoms with E-state index in [1.807, 2.05) is 6.92 Å². The summed E-state index contributed by atoms with van der Waals surface area (Å²) >= 11 is 5.78. The minimum Gasteiger partial charge on any atom is -0.310 e. The fourth-order valence-electron chi connectivity index (χ4n) is 1.33. The number of aromatic nitrogens is 2. The first-order chi connectivity index (χ1) is 6.70. The van der Waals surface area contributed by atoms with Crippen LogP contribution in [0.2, 0.25) is 5.02 Å². The largest absolute Gasteiger partial charge is 0.310 e. The van der Waals surface area contributed by atoms with Crippen molar-refractivity contribution in [1.82, 2.24) is 9.97 Å². The summed E-state index contributed by atoms with van der Waals surface area (Å²) in [7, 11) is 0. The number of aromatic amines is 1. The monoisotopic (exact) mass is 208 g/mol. The third kappa shape index (κ3) is 1.51. The van der Waals surface area contributed by atoms with Crippen molar-refractivity contribution in [3.05, 3.63) is 39.4 Å². The van der Waals surface area contributed by atoms with E-state index in [0.29, 0.717) is 28.2 Å². The van der Waals surface area contributed by atoms with Crippen LogP contribution in [-0.4, -0.2) is 9.97 Å². The summed E-state index contributed by atoms with van der Waals surface area (Å²) in [5.41, 5.74) is 0.560. The van der Waals surface area contributed by atoms with Gasteiger partial charge in [-0.3, -0.25) is 4.79 Å². The molecule has 2 rings (SSSR count). The predicted molar refractivity (Wildman–Crippen MR) is 56.8 cm³/mol. The number of nitrogens with zero attached hydrogens (tertiary/aromatic N) is 1. The second kappa shape index (κ2) is 3.42. The number of halogens is 1. The molecule has 0 amide bonds. The van der Waals surface area contributed by atoms with Gasteiger partial charge in [-0.2, -0.15) is 0 Å². The van der Waals surface area contributed by atoms with Gasteiger partial charge in [0.25, 0.3) is 5.56 Å². The average Bonchev–Trinajstić information content (AvgIpc) is 2.19. The van der Waals surface area contributed by atoms with E-state index in [9.17, 15) is 4.79 Å². The highest BCUT2D eigenvalue weighted by Crippen LogP contribution is 2.14. The van der Waals surface area contributed by atoms with Crippen molar-refractivity contribution < 1.29 is 0 Å². The molecule has 1 heterocycles. The number of rotatable bonds is 1. The second-order valence-corrected chi connectivity index (χ2v) is 3.46. The Morgan fingerprint density at radius 1 is 1.50 bits per heavy atom. The first kappa shape index (κ1) is 9.21. The van der Waals surface area contributed by atoms with Gasteiger partial charge in [0.05, 0.1) is 10.9 Å². The summed E-state index contributed by atoms with van der Waals surface area (Å²) in [5, 5.41) is 1.09. The Hall–Kier alpha value is -1.35. The first-order valence-electron chi connectivity index (χ1n) is 4.39. The maximum absolute atomic E-state index is 11.6. The van der Waals surface area contributed by atoms with Crippen molar-refractivity contribution in [2.45, 2.75) is 13.3 Å². The van der Waals surface area contributed by atoms with Crippen LogP contribution >= 0.6 is 11.6 Å². The minimum atomic E-state index is -0.130. The van der Waals surface area contributed by atoms with Crippen LogP contribution in [0.5, 0.6) is 0 Å². The molecule has 0 fully saturated rings. The maximum atomic E-state index is 11.6. The Morgan fingerprint density at radius 3 is 3.00 bits per heavy atom. The zero-order valence-corrected chi connectivity index (χ0v) is 8.43. The molecule has 0 aliphatic heterocycles. The molecule has 0 spiro atoms. The Balaban J connectivity index is 2.83. The highest BCUT2D eigenvalue weighted by Gasteiger charge is 2.02. The molecule has 0 saturated heterocycles. The van der Waals surface area contributed by atoms with Gasteiger partial charge in [0.1, 0.15) is 5.82 Å². The van der Waals surface area contributed by atoms with Gasteiger partial charge in [-0.15, -0.1) is 0 Å². The Morgan fingerprint density at radius 2 is 2.29 bits per heavy atom. The van der Waals surface area contributed by atoms with Gasteiger partial charge in [0.2, 0.25) is 0 Å². The number of nitrogens with one attached hydrogen (secondary N) is 1. The summed E-state index contributed by atoms with van der Waals surface area (Å²) in [6.45, 7) is 1.94. The van der Waals surface area contributed by atoms with Crippen LogP contribution < -0.4 is 5.56 Å². The molecule has 72 valence electrons. The third-order valence-electron chi connectivity index (χ3n) is 2.05. The molecule has 0 radical (unpaired) electrons. The quantitative estimate of drug-likeness (QED) is 0.781. The summed E-state index contributed by atoms with van der Waals surface area (Å²) in [6.07, 6.45) is 0.716. The molecule has 4 heteroatoms. The SMILES string of the molecule is CCc1nc2ccc(Cl)cc2c(=O)[nH]1. The van der Waals surface area contributed by atoms with Crippen molar-refractivity contribution in [3.63, 3.8) is 0 Å². The third-order valence-corrected chi connectivity index (χ3v) is 2.29. The fourth-order valence-corrected chi connectivity index (χ4v) is 1.50. The van der Waals surface area contributed by atoms with E-state index in [1.165, 1.54) is 0 Å². The van der Waals surface area contributed by atoms with E-state index in [0.717, 1.165) is 0 Å². The van der Waals surface area contributed by atoms with Gasteiger partial charge in [0, 0.05) is 11.4 Å². The predicted octanol–water partition coefficient (Wildman–Crippen LogP) is 2.14. The molecule has 2 aromatic rings. The number of H-pyrrole nitrogens is 1. The molecular formula is C10H9ClN2O. The second-order valence-electron chi connectivity index (χ2n) is 3.03. The van der Waals surface area contributed by atoms with Gasteiger partial charge in [-0.1, -0.05) is 18.5 Å². The van der Waals surface area contributed by atoms with Crippen molar-refractivity contribution in [3.8, 4) is 0 Å². The molecule has 1 N–H and O–H groups in total. The zero-order valence-electron chi connectivity index (χ0n) is 7.67. The minimum absolute atomic E-state index is 0.130. The number of fused-ring (bicyclic) bond motifs is 1. The van der Waals surface area contributed by atoms with Crippen molar-refractivity contribution >= 4 is 22.5 Å². The van der Waals surface area contributed by atoms with Crippen LogP contribution in [-0.2, 0) is 6.42 Å². The molecule has 1 aromatic carbocycles. The molecule has 0 atom stereocenters. The lowest BCUT2D eigenvalue weighted by atomic mass is 10.2. The smallest absolute Gasteiger partial charge is 0.258 e. The number of benzene rings is 1. The van der Waals surface area contributed by atoms with E-state index in [-0.39, 0.29) is 5.56 Å². The lowest BCUT2D eigenvalue weighted by Gasteiger charge is -2.00. The van der Waals surface area contributed by atoms with Crippen LogP contribution in [0.3, 0.4) is 0 Å². The van der Waals surface area contributed by atoms with Crippen molar-refractivity contribution in [2.24, 2.45) is 0 Å². The lowest BCUT2D eigenvalue weighted by molar-refractivity contribution is 0.944. The molecule has 0 aliphatic rings. The van der Waals surface area contributed by atoms with Crippen LogP contribution in [0.1, 0.15) is 12.7 Å². The molecular weight excluding hydrogens is 200 g/mol. The summed E-state index contributed by atoms with van der Waals surface area (Å²) in [6, 6.07) is 5.12. The standard InChI is InChI=1S/C10H9ClN2O/c1-2-9-12-8-4-3-6(11)5-7(8)10(14)13-9/h3-5H,2H2,1H3,(H,12,13,14). The van der Waals surface area contributed by atoms with Crippen molar-refractivity contribution in [2.75, 3.05) is 0 Å². The van der Waals surface area contributed by atoms with Gasteiger partial charge in [-0.05, 0) is 18.2 Å². The molecule has 0 aliphatic carbocycles.